The van der Waals surface area contributed by atoms with Crippen molar-refractivity contribution in [2.45, 2.75) is 25.8 Å². The molecule has 1 aliphatic rings. The average molecular weight is 190 g/mol. The molecule has 0 bridgehead atoms. The standard InChI is InChI=1S/C12H18N2/c1-9-7-11-8-10(5-6-13-2)3-4-12(11)14-9/h3-4,8-9,13-14H,5-7H2,1-2H3. The summed E-state index contributed by atoms with van der Waals surface area (Å²) in [6.45, 7) is 3.29. The van der Waals surface area contributed by atoms with Gasteiger partial charge in [-0.2, -0.15) is 0 Å². The van der Waals surface area contributed by atoms with E-state index in [1.54, 1.807) is 0 Å². The van der Waals surface area contributed by atoms with Gasteiger partial charge in [0.2, 0.25) is 0 Å². The minimum atomic E-state index is 0.601. The van der Waals surface area contributed by atoms with Crippen molar-refractivity contribution in [3.63, 3.8) is 0 Å². The van der Waals surface area contributed by atoms with E-state index in [9.17, 15) is 0 Å². The van der Waals surface area contributed by atoms with Crippen molar-refractivity contribution >= 4 is 5.69 Å². The van der Waals surface area contributed by atoms with Gasteiger partial charge in [-0.1, -0.05) is 12.1 Å². The summed E-state index contributed by atoms with van der Waals surface area (Å²) in [4.78, 5) is 0. The lowest BCUT2D eigenvalue weighted by molar-refractivity contribution is 0.790. The van der Waals surface area contributed by atoms with Crippen molar-refractivity contribution in [3.8, 4) is 0 Å². The second kappa shape index (κ2) is 4.01. The fourth-order valence-corrected chi connectivity index (χ4v) is 2.03. The molecular formula is C12H18N2. The fraction of sp³-hybridized carbons (Fsp3) is 0.500. The van der Waals surface area contributed by atoms with Gasteiger partial charge in [0.05, 0.1) is 0 Å². The number of hydrogen-bond acceptors (Lipinski definition) is 2. The van der Waals surface area contributed by atoms with Crippen LogP contribution in [0.5, 0.6) is 0 Å². The summed E-state index contributed by atoms with van der Waals surface area (Å²) >= 11 is 0. The second-order valence-electron chi connectivity index (χ2n) is 4.09. The van der Waals surface area contributed by atoms with Crippen molar-refractivity contribution in [3.05, 3.63) is 29.3 Å². The zero-order valence-electron chi connectivity index (χ0n) is 8.93. The Kier molecular flexibility index (Phi) is 2.73. The van der Waals surface area contributed by atoms with Crippen molar-refractivity contribution in [2.24, 2.45) is 0 Å². The summed E-state index contributed by atoms with van der Waals surface area (Å²) in [5.74, 6) is 0. The Bertz CT molecular complexity index is 320. The Morgan fingerprint density at radius 2 is 2.36 bits per heavy atom. The van der Waals surface area contributed by atoms with Crippen LogP contribution in [0.4, 0.5) is 5.69 Å². The van der Waals surface area contributed by atoms with E-state index in [0.29, 0.717) is 6.04 Å². The van der Waals surface area contributed by atoms with Gasteiger partial charge in [-0.05, 0) is 50.6 Å². The minimum Gasteiger partial charge on any atom is -0.382 e. The summed E-state index contributed by atoms with van der Waals surface area (Å²) in [7, 11) is 2.00. The SMILES string of the molecule is CNCCc1ccc2c(c1)CC(C)N2. The molecule has 2 heteroatoms. The van der Waals surface area contributed by atoms with Crippen molar-refractivity contribution in [1.82, 2.24) is 5.32 Å². The van der Waals surface area contributed by atoms with Gasteiger partial charge in [-0.15, -0.1) is 0 Å². The van der Waals surface area contributed by atoms with E-state index >= 15 is 0 Å². The average Bonchev–Trinajstić information content (AvgIpc) is 2.54. The lowest BCUT2D eigenvalue weighted by Gasteiger charge is -2.04. The maximum absolute atomic E-state index is 3.47. The lowest BCUT2D eigenvalue weighted by atomic mass is 10.1. The zero-order chi connectivity index (χ0) is 9.97. The van der Waals surface area contributed by atoms with E-state index < -0.39 is 0 Å². The molecule has 14 heavy (non-hydrogen) atoms. The van der Waals surface area contributed by atoms with E-state index in [4.69, 9.17) is 0 Å². The van der Waals surface area contributed by atoms with Crippen LogP contribution < -0.4 is 10.6 Å². The summed E-state index contributed by atoms with van der Waals surface area (Å²) in [6, 6.07) is 7.37. The van der Waals surface area contributed by atoms with Crippen LogP contribution in [0.3, 0.4) is 0 Å². The van der Waals surface area contributed by atoms with Crippen LogP contribution in [-0.4, -0.2) is 19.6 Å². The van der Waals surface area contributed by atoms with E-state index in [2.05, 4.69) is 35.8 Å². The number of benzene rings is 1. The maximum atomic E-state index is 3.47. The van der Waals surface area contributed by atoms with Crippen LogP contribution in [-0.2, 0) is 12.8 Å². The number of anilines is 1. The lowest BCUT2D eigenvalue weighted by Crippen LogP contribution is -2.10. The highest BCUT2D eigenvalue weighted by atomic mass is 14.9. The van der Waals surface area contributed by atoms with Crippen molar-refractivity contribution in [2.75, 3.05) is 18.9 Å². The monoisotopic (exact) mass is 190 g/mol. The van der Waals surface area contributed by atoms with Gasteiger partial charge in [-0.3, -0.25) is 0 Å². The number of likely N-dealkylation sites (N-methyl/N-ethyl adjacent to an activating group) is 1. The first kappa shape index (κ1) is 9.53. The molecular weight excluding hydrogens is 172 g/mol. The highest BCUT2D eigenvalue weighted by Gasteiger charge is 2.15. The molecule has 2 N–H and O–H groups in total. The molecule has 0 aliphatic carbocycles. The van der Waals surface area contributed by atoms with Crippen LogP contribution in [0.25, 0.3) is 0 Å². The van der Waals surface area contributed by atoms with E-state index in [0.717, 1.165) is 13.0 Å². The number of hydrogen-bond donors (Lipinski definition) is 2. The molecule has 1 aromatic rings. The third-order valence-corrected chi connectivity index (χ3v) is 2.76. The number of fused-ring (bicyclic) bond motifs is 1. The first-order valence-electron chi connectivity index (χ1n) is 5.32. The van der Waals surface area contributed by atoms with Gasteiger partial charge in [0, 0.05) is 11.7 Å². The van der Waals surface area contributed by atoms with E-state index in [1.165, 1.54) is 23.2 Å². The van der Waals surface area contributed by atoms with Crippen molar-refractivity contribution in [1.29, 1.82) is 0 Å². The highest BCUT2D eigenvalue weighted by Crippen LogP contribution is 2.26. The van der Waals surface area contributed by atoms with Gasteiger partial charge in [0.15, 0.2) is 0 Å². The Balaban J connectivity index is 2.12. The Morgan fingerprint density at radius 3 is 3.14 bits per heavy atom. The van der Waals surface area contributed by atoms with Gasteiger partial charge in [0.1, 0.15) is 0 Å². The van der Waals surface area contributed by atoms with Gasteiger partial charge >= 0.3 is 0 Å². The Morgan fingerprint density at radius 1 is 1.50 bits per heavy atom. The van der Waals surface area contributed by atoms with E-state index in [1.807, 2.05) is 7.05 Å². The summed E-state index contributed by atoms with van der Waals surface area (Å²) in [6.07, 6.45) is 2.29. The molecule has 2 nitrogen and oxygen atoms in total. The third-order valence-electron chi connectivity index (χ3n) is 2.76. The topological polar surface area (TPSA) is 24.1 Å². The summed E-state index contributed by atoms with van der Waals surface area (Å²) < 4.78 is 0. The molecule has 0 radical (unpaired) electrons. The molecule has 1 aromatic carbocycles. The molecule has 1 atom stereocenters. The molecule has 0 saturated carbocycles. The van der Waals surface area contributed by atoms with Crippen LogP contribution >= 0.6 is 0 Å². The first-order chi connectivity index (χ1) is 6.79. The highest BCUT2D eigenvalue weighted by molar-refractivity contribution is 5.57. The molecule has 1 heterocycles. The normalized spacial score (nSPS) is 19.1. The third kappa shape index (κ3) is 1.90. The summed E-state index contributed by atoms with van der Waals surface area (Å²) in [5, 5.41) is 6.64. The molecule has 0 saturated heterocycles. The predicted octanol–water partition coefficient (Wildman–Crippen LogP) is 1.80. The quantitative estimate of drug-likeness (QED) is 0.759. The molecule has 1 aliphatic heterocycles. The largest absolute Gasteiger partial charge is 0.382 e. The predicted molar refractivity (Wildman–Crippen MR) is 60.9 cm³/mol. The molecule has 0 spiro atoms. The molecule has 2 rings (SSSR count). The van der Waals surface area contributed by atoms with Crippen LogP contribution in [0.2, 0.25) is 0 Å². The molecule has 1 unspecified atom stereocenters. The Hall–Kier alpha value is -1.02. The van der Waals surface area contributed by atoms with Gasteiger partial charge < -0.3 is 10.6 Å². The smallest absolute Gasteiger partial charge is 0.0375 e. The first-order valence-corrected chi connectivity index (χ1v) is 5.32. The van der Waals surface area contributed by atoms with Crippen LogP contribution in [0, 0.1) is 0 Å². The number of nitrogens with one attached hydrogen (secondary N) is 2. The molecule has 76 valence electrons. The molecule has 0 aromatic heterocycles. The minimum absolute atomic E-state index is 0.601. The van der Waals surface area contributed by atoms with Gasteiger partial charge in [0.25, 0.3) is 0 Å². The second-order valence-corrected chi connectivity index (χ2v) is 4.09. The maximum Gasteiger partial charge on any atom is 0.0375 e. The number of rotatable bonds is 3. The zero-order valence-corrected chi connectivity index (χ0v) is 8.93. The van der Waals surface area contributed by atoms with Crippen molar-refractivity contribution < 1.29 is 0 Å². The molecule has 0 fully saturated rings. The van der Waals surface area contributed by atoms with E-state index in [-0.39, 0.29) is 0 Å². The van der Waals surface area contributed by atoms with Crippen LogP contribution in [0.15, 0.2) is 18.2 Å². The Labute approximate surface area is 85.7 Å². The van der Waals surface area contributed by atoms with Crippen LogP contribution in [0.1, 0.15) is 18.1 Å². The fourth-order valence-electron chi connectivity index (χ4n) is 2.03. The summed E-state index contributed by atoms with van der Waals surface area (Å²) in [5.41, 5.74) is 4.24. The molecule has 0 amide bonds. The van der Waals surface area contributed by atoms with Gasteiger partial charge in [-0.25, -0.2) is 0 Å².